The summed E-state index contributed by atoms with van der Waals surface area (Å²) in [5, 5.41) is 4.82. The first-order valence-electron chi connectivity index (χ1n) is 17.4. The molecule has 51 heavy (non-hydrogen) atoms. The van der Waals surface area contributed by atoms with Crippen molar-refractivity contribution in [3.63, 3.8) is 0 Å². The molecule has 4 heteroatoms. The van der Waals surface area contributed by atoms with E-state index in [1.54, 1.807) is 0 Å². The van der Waals surface area contributed by atoms with Crippen LogP contribution in [0.5, 0.6) is 0 Å². The van der Waals surface area contributed by atoms with Crippen molar-refractivity contribution in [3.05, 3.63) is 163 Å². The molecule has 3 heterocycles. The van der Waals surface area contributed by atoms with Crippen molar-refractivity contribution in [2.45, 2.75) is 53.4 Å². The first-order valence-corrected chi connectivity index (χ1v) is 17.4. The third kappa shape index (κ3) is 7.89. The molecule has 0 saturated carbocycles. The summed E-state index contributed by atoms with van der Waals surface area (Å²) in [6.45, 7) is 13.4. The summed E-state index contributed by atoms with van der Waals surface area (Å²) in [5.41, 5.74) is 11.0. The first kappa shape index (κ1) is 35.9. The van der Waals surface area contributed by atoms with Crippen molar-refractivity contribution in [2.24, 2.45) is 5.41 Å². The maximum absolute atomic E-state index is 4.48. The Morgan fingerprint density at radius 2 is 1.43 bits per heavy atom. The molecule has 0 aliphatic rings. The molecule has 5 aromatic carbocycles. The molecule has 0 amide bonds. The Balaban J connectivity index is 0.000000222. The smallest absolute Gasteiger partial charge is 0.0446 e. The van der Waals surface area contributed by atoms with Gasteiger partial charge in [0.05, 0.1) is 0 Å². The third-order valence-corrected chi connectivity index (χ3v) is 9.13. The fraction of sp³-hybridized carbons (Fsp3) is 0.191. The molecule has 0 aliphatic heterocycles. The molecule has 0 unspecified atom stereocenters. The quantitative estimate of drug-likeness (QED) is 0.165. The van der Waals surface area contributed by atoms with Gasteiger partial charge in [0.25, 0.3) is 0 Å². The zero-order chi connectivity index (χ0) is 34.9. The van der Waals surface area contributed by atoms with Crippen molar-refractivity contribution in [1.29, 1.82) is 0 Å². The molecule has 0 N–H and O–H groups in total. The number of benzene rings is 5. The monoisotopic (exact) mass is 842 g/mol. The van der Waals surface area contributed by atoms with Gasteiger partial charge in [-0.25, -0.2) is 0 Å². The van der Waals surface area contributed by atoms with Crippen LogP contribution < -0.4 is 0 Å². The van der Waals surface area contributed by atoms with Gasteiger partial charge in [-0.3, -0.25) is 4.98 Å². The largest absolute Gasteiger partial charge is 0.364 e. The Morgan fingerprint density at radius 3 is 2.14 bits per heavy atom. The predicted octanol–water partition coefficient (Wildman–Crippen LogP) is 12.2. The summed E-state index contributed by atoms with van der Waals surface area (Å²) in [4.78, 5) is 8.95. The molecule has 0 fully saturated rings. The van der Waals surface area contributed by atoms with Crippen LogP contribution in [0, 0.1) is 17.5 Å². The van der Waals surface area contributed by atoms with Crippen molar-refractivity contribution >= 4 is 32.6 Å². The number of pyridine rings is 2. The van der Waals surface area contributed by atoms with Gasteiger partial charge in [-0.15, -0.1) is 41.3 Å². The molecule has 0 bridgehead atoms. The number of aromatic nitrogens is 3. The van der Waals surface area contributed by atoms with Gasteiger partial charge in [0.15, 0.2) is 0 Å². The molecular weight excluding hydrogens is 799 g/mol. The van der Waals surface area contributed by atoms with Crippen molar-refractivity contribution in [1.82, 2.24) is 14.5 Å². The molecule has 8 rings (SSSR count). The summed E-state index contributed by atoms with van der Waals surface area (Å²) in [6.07, 6.45) is 6.88. The SMILES string of the molecule is CC(C)(C)Cc1ccc(-c2cc(-n3c4c[c-]ccc4c4ccccc43)c3cnccc3c2)cc1.CC(C)(C)c1ccc(-c2[c-]cccc2)nc1.[Ir]. The van der Waals surface area contributed by atoms with Crippen LogP contribution in [0.15, 0.2) is 140 Å². The number of nitrogens with zero attached hydrogens (tertiary/aromatic N) is 3. The molecule has 0 atom stereocenters. The van der Waals surface area contributed by atoms with E-state index in [2.05, 4.69) is 159 Å². The van der Waals surface area contributed by atoms with E-state index in [9.17, 15) is 0 Å². The molecular formula is C47H43IrN3-2. The van der Waals surface area contributed by atoms with Gasteiger partial charge in [0, 0.05) is 55.3 Å². The van der Waals surface area contributed by atoms with Gasteiger partial charge in [-0.2, -0.15) is 24.3 Å². The predicted molar refractivity (Wildman–Crippen MR) is 211 cm³/mol. The number of para-hydroxylation sites is 1. The van der Waals surface area contributed by atoms with Crippen LogP contribution >= 0.6 is 0 Å². The van der Waals surface area contributed by atoms with Crippen LogP contribution in [-0.2, 0) is 31.9 Å². The van der Waals surface area contributed by atoms with Gasteiger partial charge in [0.1, 0.15) is 0 Å². The minimum atomic E-state index is 0. The Labute approximate surface area is 315 Å². The maximum atomic E-state index is 4.48. The van der Waals surface area contributed by atoms with E-state index in [1.807, 2.05) is 48.9 Å². The van der Waals surface area contributed by atoms with Crippen molar-refractivity contribution in [2.75, 3.05) is 0 Å². The van der Waals surface area contributed by atoms with E-state index < -0.39 is 0 Å². The average molecular weight is 842 g/mol. The second-order valence-electron chi connectivity index (χ2n) is 15.3. The van der Waals surface area contributed by atoms with E-state index in [-0.39, 0.29) is 30.9 Å². The van der Waals surface area contributed by atoms with Crippen LogP contribution in [0.4, 0.5) is 0 Å². The summed E-state index contributed by atoms with van der Waals surface area (Å²) < 4.78 is 2.36. The fourth-order valence-corrected chi connectivity index (χ4v) is 6.63. The summed E-state index contributed by atoms with van der Waals surface area (Å²) in [7, 11) is 0. The average Bonchev–Trinajstić information content (AvgIpc) is 3.45. The molecule has 1 radical (unpaired) electrons. The van der Waals surface area contributed by atoms with Crippen LogP contribution in [0.2, 0.25) is 0 Å². The van der Waals surface area contributed by atoms with Gasteiger partial charge in [0.2, 0.25) is 0 Å². The fourth-order valence-electron chi connectivity index (χ4n) is 6.63. The van der Waals surface area contributed by atoms with Crippen LogP contribution in [-0.4, -0.2) is 14.5 Å². The zero-order valence-corrected chi connectivity index (χ0v) is 32.6. The minimum absolute atomic E-state index is 0. The molecule has 8 aromatic rings. The maximum Gasteiger partial charge on any atom is 0.0446 e. The number of hydrogen-bond donors (Lipinski definition) is 0. The first-order chi connectivity index (χ1) is 24.0. The molecule has 0 aliphatic carbocycles. The van der Waals surface area contributed by atoms with Gasteiger partial charge in [-0.1, -0.05) is 102 Å². The van der Waals surface area contributed by atoms with Crippen LogP contribution in [0.1, 0.15) is 52.7 Å². The van der Waals surface area contributed by atoms with Crippen molar-refractivity contribution < 1.29 is 20.1 Å². The topological polar surface area (TPSA) is 30.7 Å². The van der Waals surface area contributed by atoms with E-state index in [4.69, 9.17) is 0 Å². The van der Waals surface area contributed by atoms with Gasteiger partial charge < -0.3 is 9.55 Å². The normalized spacial score (nSPS) is 11.6. The Bertz CT molecular complexity index is 2340. The molecule has 257 valence electrons. The standard InChI is InChI=1S/C32H27N2.C15H16N.Ir/c1-32(2,3)20-22-12-14-23(15-13-22)25-18-24-16-17-33-21-28(24)31(19-25)34-29-10-6-4-8-26(29)27-9-5-7-11-30(27)34;1-15(2,3)13-9-10-14(16-11-13)12-7-5-4-6-8-12;/h4-6,8-19,21H,20H2,1-3H3;4-7,9-11H,1-3H3;/q2*-1;. The second-order valence-corrected chi connectivity index (χ2v) is 15.3. The molecule has 0 saturated heterocycles. The van der Waals surface area contributed by atoms with Gasteiger partial charge in [-0.05, 0) is 80.2 Å². The van der Waals surface area contributed by atoms with E-state index in [0.29, 0.717) is 0 Å². The zero-order valence-electron chi connectivity index (χ0n) is 30.2. The minimum Gasteiger partial charge on any atom is -0.364 e. The number of fused-ring (bicyclic) bond motifs is 4. The van der Waals surface area contributed by atoms with E-state index >= 15 is 0 Å². The van der Waals surface area contributed by atoms with Crippen molar-refractivity contribution in [3.8, 4) is 28.1 Å². The second kappa shape index (κ2) is 14.8. The van der Waals surface area contributed by atoms with E-state index in [1.165, 1.54) is 43.9 Å². The third-order valence-electron chi connectivity index (χ3n) is 9.13. The number of rotatable bonds is 4. The Morgan fingerprint density at radius 1 is 0.667 bits per heavy atom. The molecule has 0 spiro atoms. The molecule has 3 aromatic heterocycles. The van der Waals surface area contributed by atoms with Gasteiger partial charge >= 0.3 is 0 Å². The van der Waals surface area contributed by atoms with E-state index in [0.717, 1.165) is 34.3 Å². The summed E-state index contributed by atoms with van der Waals surface area (Å²) in [5.74, 6) is 0. The Kier molecular flexibility index (Phi) is 10.4. The Hall–Kier alpha value is -4.89. The van der Waals surface area contributed by atoms with Crippen LogP contribution in [0.3, 0.4) is 0 Å². The van der Waals surface area contributed by atoms with Crippen LogP contribution in [0.25, 0.3) is 60.6 Å². The summed E-state index contributed by atoms with van der Waals surface area (Å²) in [6, 6.07) is 49.2. The number of hydrogen-bond acceptors (Lipinski definition) is 2. The molecule has 3 nitrogen and oxygen atoms in total. The summed E-state index contributed by atoms with van der Waals surface area (Å²) >= 11 is 0.